The van der Waals surface area contributed by atoms with Gasteiger partial charge in [-0.1, -0.05) is 24.1 Å². The summed E-state index contributed by atoms with van der Waals surface area (Å²) in [5.74, 6) is 0.851. The number of aliphatic imine (C=N–C) groups is 1. The van der Waals surface area contributed by atoms with Crippen LogP contribution in [0, 0.1) is 17.0 Å². The van der Waals surface area contributed by atoms with E-state index in [1.54, 1.807) is 0 Å². The number of anilines is 1. The van der Waals surface area contributed by atoms with Crippen LogP contribution in [-0.2, 0) is 0 Å². The third-order valence-corrected chi connectivity index (χ3v) is 4.71. The fourth-order valence-electron chi connectivity index (χ4n) is 3.14. The number of benzene rings is 2. The van der Waals surface area contributed by atoms with E-state index in [1.165, 1.54) is 24.3 Å². The van der Waals surface area contributed by atoms with Crippen LogP contribution in [0.3, 0.4) is 0 Å². The van der Waals surface area contributed by atoms with Gasteiger partial charge in [-0.3, -0.25) is 19.9 Å². The Morgan fingerprint density at radius 1 is 1.07 bits per heavy atom. The highest BCUT2D eigenvalue weighted by Gasteiger charge is 2.20. The van der Waals surface area contributed by atoms with Gasteiger partial charge in [-0.25, -0.2) is 0 Å². The smallest absolute Gasteiger partial charge is 0.269 e. The van der Waals surface area contributed by atoms with Crippen molar-refractivity contribution in [3.63, 3.8) is 0 Å². The lowest BCUT2D eigenvalue weighted by molar-refractivity contribution is -0.384. The third-order valence-electron chi connectivity index (χ3n) is 4.71. The molecule has 1 aliphatic rings. The van der Waals surface area contributed by atoms with Gasteiger partial charge in [-0.05, 0) is 44.0 Å². The molecule has 0 bridgehead atoms. The molecule has 0 saturated heterocycles. The molecule has 140 valence electrons. The minimum Gasteiger partial charge on any atom is -0.322 e. The number of hydrogen-bond donors (Lipinski definition) is 0. The van der Waals surface area contributed by atoms with Crippen molar-refractivity contribution in [2.75, 3.05) is 18.0 Å². The Kier molecular flexibility index (Phi) is 5.96. The lowest BCUT2D eigenvalue weighted by Gasteiger charge is -2.25. The maximum atomic E-state index is 12.8. The summed E-state index contributed by atoms with van der Waals surface area (Å²) in [5, 5.41) is 10.8. The summed E-state index contributed by atoms with van der Waals surface area (Å²) < 4.78 is 0. The van der Waals surface area contributed by atoms with E-state index in [-0.39, 0.29) is 18.0 Å². The Hall–Kier alpha value is -3.02. The van der Waals surface area contributed by atoms with E-state index in [1.807, 2.05) is 36.1 Å². The summed E-state index contributed by atoms with van der Waals surface area (Å²) in [7, 11) is 0. The molecule has 6 heteroatoms. The molecule has 0 amide bonds. The summed E-state index contributed by atoms with van der Waals surface area (Å²) in [4.78, 5) is 29.9. The normalized spacial score (nSPS) is 14.2. The largest absolute Gasteiger partial charge is 0.322 e. The van der Waals surface area contributed by atoms with E-state index < -0.39 is 4.92 Å². The van der Waals surface area contributed by atoms with Crippen LogP contribution in [0.5, 0.6) is 0 Å². The van der Waals surface area contributed by atoms with E-state index in [4.69, 9.17) is 4.99 Å². The Balaban J connectivity index is 1.85. The predicted molar refractivity (Wildman–Crippen MR) is 107 cm³/mol. The van der Waals surface area contributed by atoms with Crippen molar-refractivity contribution in [1.82, 2.24) is 0 Å². The highest BCUT2D eigenvalue weighted by atomic mass is 16.6. The Morgan fingerprint density at radius 2 is 1.78 bits per heavy atom. The van der Waals surface area contributed by atoms with Crippen molar-refractivity contribution >= 4 is 23.0 Å². The number of aryl methyl sites for hydroxylation is 1. The van der Waals surface area contributed by atoms with Crippen LogP contribution in [0.15, 0.2) is 53.5 Å². The van der Waals surface area contributed by atoms with Gasteiger partial charge >= 0.3 is 0 Å². The van der Waals surface area contributed by atoms with E-state index in [0.717, 1.165) is 49.3 Å². The zero-order valence-electron chi connectivity index (χ0n) is 15.4. The second-order valence-corrected chi connectivity index (χ2v) is 6.76. The molecule has 6 nitrogen and oxygen atoms in total. The van der Waals surface area contributed by atoms with E-state index in [0.29, 0.717) is 5.56 Å². The van der Waals surface area contributed by atoms with Crippen molar-refractivity contribution in [2.45, 2.75) is 32.6 Å². The molecular weight excluding hydrogens is 342 g/mol. The number of nitro groups is 1. The van der Waals surface area contributed by atoms with E-state index in [9.17, 15) is 14.9 Å². The van der Waals surface area contributed by atoms with Gasteiger partial charge in [0.1, 0.15) is 5.84 Å². The standard InChI is InChI=1S/C21H23N3O3/c1-16-6-10-18(11-7-16)23(21-5-3-2-4-14-22-21)15-20(25)17-8-12-19(13-9-17)24(26)27/h6-13H,2-5,14-15H2,1H3. The topological polar surface area (TPSA) is 75.8 Å². The molecule has 3 rings (SSSR count). The third kappa shape index (κ3) is 4.78. The summed E-state index contributed by atoms with van der Waals surface area (Å²) in [6.45, 7) is 2.97. The van der Waals surface area contributed by atoms with Crippen LogP contribution >= 0.6 is 0 Å². The fourth-order valence-corrected chi connectivity index (χ4v) is 3.14. The summed E-state index contributed by atoms with van der Waals surface area (Å²) in [6.07, 6.45) is 4.13. The maximum absolute atomic E-state index is 12.8. The maximum Gasteiger partial charge on any atom is 0.269 e. The molecule has 2 aromatic rings. The zero-order valence-corrected chi connectivity index (χ0v) is 15.4. The van der Waals surface area contributed by atoms with E-state index >= 15 is 0 Å². The molecule has 0 fully saturated rings. The minimum absolute atomic E-state index is 0.0184. The van der Waals surface area contributed by atoms with Gasteiger partial charge in [0.05, 0.1) is 11.5 Å². The van der Waals surface area contributed by atoms with Crippen molar-refractivity contribution in [3.05, 3.63) is 69.8 Å². The van der Waals surface area contributed by atoms with Gasteiger partial charge in [0.2, 0.25) is 0 Å². The lowest BCUT2D eigenvalue weighted by atomic mass is 10.1. The number of ketones is 1. The molecule has 27 heavy (non-hydrogen) atoms. The second kappa shape index (κ2) is 8.58. The monoisotopic (exact) mass is 365 g/mol. The van der Waals surface area contributed by atoms with Gasteiger partial charge in [0.15, 0.2) is 5.78 Å². The van der Waals surface area contributed by atoms with Crippen LogP contribution < -0.4 is 4.90 Å². The van der Waals surface area contributed by atoms with Crippen LogP contribution in [0.2, 0.25) is 0 Å². The van der Waals surface area contributed by atoms with Crippen molar-refractivity contribution in [3.8, 4) is 0 Å². The number of Topliss-reactive ketones (excluding diaryl/α,β-unsaturated/α-hetero) is 1. The summed E-state index contributed by atoms with van der Waals surface area (Å²) in [5.41, 5.74) is 2.54. The molecule has 0 saturated carbocycles. The highest BCUT2D eigenvalue weighted by Crippen LogP contribution is 2.21. The molecule has 1 aliphatic heterocycles. The number of carbonyl (C=O) groups is 1. The molecular formula is C21H23N3O3. The van der Waals surface area contributed by atoms with Gasteiger partial charge in [-0.15, -0.1) is 0 Å². The van der Waals surface area contributed by atoms with Crippen LogP contribution in [0.1, 0.15) is 41.6 Å². The molecule has 1 heterocycles. The van der Waals surface area contributed by atoms with Gasteiger partial charge in [0, 0.05) is 36.3 Å². The van der Waals surface area contributed by atoms with Crippen molar-refractivity contribution in [2.24, 2.45) is 4.99 Å². The zero-order chi connectivity index (χ0) is 19.2. The van der Waals surface area contributed by atoms with Crippen molar-refractivity contribution < 1.29 is 9.72 Å². The van der Waals surface area contributed by atoms with Crippen LogP contribution in [0.25, 0.3) is 0 Å². The number of hydrogen-bond acceptors (Lipinski definition) is 5. The minimum atomic E-state index is -0.465. The van der Waals surface area contributed by atoms with Gasteiger partial charge in [-0.2, -0.15) is 0 Å². The molecule has 0 atom stereocenters. The fraction of sp³-hybridized carbons (Fsp3) is 0.333. The highest BCUT2D eigenvalue weighted by molar-refractivity contribution is 6.07. The number of non-ortho nitro benzene ring substituents is 1. The molecule has 2 aromatic carbocycles. The van der Waals surface area contributed by atoms with Gasteiger partial charge in [0.25, 0.3) is 5.69 Å². The van der Waals surface area contributed by atoms with Crippen LogP contribution in [0.4, 0.5) is 11.4 Å². The molecule has 0 aliphatic carbocycles. The first kappa shape index (κ1) is 18.8. The average Bonchev–Trinajstić information content (AvgIpc) is 2.96. The Morgan fingerprint density at radius 3 is 2.44 bits per heavy atom. The number of nitrogens with zero attached hydrogens (tertiary/aromatic N) is 3. The quantitative estimate of drug-likeness (QED) is 0.442. The number of nitro benzene ring substituents is 1. The summed E-state index contributed by atoms with van der Waals surface area (Å²) in [6, 6.07) is 13.8. The Bertz CT molecular complexity index is 842. The summed E-state index contributed by atoms with van der Waals surface area (Å²) >= 11 is 0. The SMILES string of the molecule is Cc1ccc(N(CC(=O)c2ccc([N+](=O)[O-])cc2)C2=NCCCCC2)cc1. The Labute approximate surface area is 158 Å². The number of rotatable bonds is 5. The molecule has 0 aromatic heterocycles. The molecule has 0 unspecified atom stereocenters. The first-order valence-corrected chi connectivity index (χ1v) is 9.20. The first-order chi connectivity index (χ1) is 13.0. The van der Waals surface area contributed by atoms with Crippen molar-refractivity contribution in [1.29, 1.82) is 0 Å². The van der Waals surface area contributed by atoms with Crippen LogP contribution in [-0.4, -0.2) is 29.6 Å². The average molecular weight is 365 g/mol. The number of carbonyl (C=O) groups excluding carboxylic acids is 1. The first-order valence-electron chi connectivity index (χ1n) is 9.20. The molecule has 0 N–H and O–H groups in total. The lowest BCUT2D eigenvalue weighted by Crippen LogP contribution is -2.36. The number of amidine groups is 1. The molecule has 0 spiro atoms. The van der Waals surface area contributed by atoms with E-state index in [2.05, 4.69) is 0 Å². The molecule has 0 radical (unpaired) electrons. The van der Waals surface area contributed by atoms with Gasteiger partial charge < -0.3 is 4.90 Å². The predicted octanol–water partition coefficient (Wildman–Crippen LogP) is 4.57. The second-order valence-electron chi connectivity index (χ2n) is 6.76.